The van der Waals surface area contributed by atoms with E-state index in [1.807, 2.05) is 13.8 Å². The average Bonchev–Trinajstić information content (AvgIpc) is 3.26. The number of carbonyl (C=O) groups excluding carboxylic acids is 1. The monoisotopic (exact) mass is 310 g/mol. The molecule has 0 spiro atoms. The van der Waals surface area contributed by atoms with Crippen molar-refractivity contribution in [1.82, 2.24) is 9.97 Å². The van der Waals surface area contributed by atoms with E-state index in [1.165, 1.54) is 18.4 Å². The molecule has 0 bridgehead atoms. The van der Waals surface area contributed by atoms with Crippen molar-refractivity contribution in [2.24, 2.45) is 0 Å². The van der Waals surface area contributed by atoms with E-state index in [4.69, 9.17) is 4.74 Å². The van der Waals surface area contributed by atoms with Crippen molar-refractivity contribution in [1.29, 1.82) is 0 Å². The zero-order valence-corrected chi connectivity index (χ0v) is 14.1. The van der Waals surface area contributed by atoms with Gasteiger partial charge < -0.3 is 4.74 Å². The molecular formula is C19H22N2O2. The fraction of sp³-hybridized carbons (Fsp3) is 0.421. The van der Waals surface area contributed by atoms with Crippen molar-refractivity contribution < 1.29 is 9.53 Å². The topological polar surface area (TPSA) is 52.1 Å². The van der Waals surface area contributed by atoms with Gasteiger partial charge in [0.25, 0.3) is 0 Å². The van der Waals surface area contributed by atoms with Crippen LogP contribution in [0, 0.1) is 13.8 Å². The van der Waals surface area contributed by atoms with Gasteiger partial charge in [0.05, 0.1) is 18.0 Å². The number of aromatic nitrogens is 2. The molecule has 1 fully saturated rings. The van der Waals surface area contributed by atoms with Crippen LogP contribution in [0.3, 0.4) is 0 Å². The Morgan fingerprint density at radius 3 is 2.17 bits per heavy atom. The van der Waals surface area contributed by atoms with E-state index in [0.29, 0.717) is 34.8 Å². The van der Waals surface area contributed by atoms with Gasteiger partial charge in [-0.15, -0.1) is 0 Å². The van der Waals surface area contributed by atoms with Crippen LogP contribution in [-0.4, -0.2) is 22.5 Å². The van der Waals surface area contributed by atoms with Gasteiger partial charge >= 0.3 is 5.97 Å². The highest BCUT2D eigenvalue weighted by Crippen LogP contribution is 2.47. The van der Waals surface area contributed by atoms with Crippen molar-refractivity contribution in [3.8, 4) is 11.4 Å². The summed E-state index contributed by atoms with van der Waals surface area (Å²) >= 11 is 0. The quantitative estimate of drug-likeness (QED) is 0.801. The van der Waals surface area contributed by atoms with Gasteiger partial charge in [-0.2, -0.15) is 0 Å². The van der Waals surface area contributed by atoms with E-state index >= 15 is 0 Å². The summed E-state index contributed by atoms with van der Waals surface area (Å²) in [6.07, 6.45) is 2.52. The van der Waals surface area contributed by atoms with E-state index in [9.17, 15) is 4.79 Å². The summed E-state index contributed by atoms with van der Waals surface area (Å²) in [5, 5.41) is 0. The predicted octanol–water partition coefficient (Wildman–Crippen LogP) is 3.99. The Hall–Kier alpha value is -2.23. The summed E-state index contributed by atoms with van der Waals surface area (Å²) in [6.45, 7) is 8.08. The maximum atomic E-state index is 12.0. The molecular weight excluding hydrogens is 288 g/mol. The number of rotatable bonds is 4. The first-order valence-corrected chi connectivity index (χ1v) is 8.08. The van der Waals surface area contributed by atoms with Gasteiger partial charge in [0, 0.05) is 5.56 Å². The summed E-state index contributed by atoms with van der Waals surface area (Å²) in [5.41, 5.74) is 4.49. The predicted molar refractivity (Wildman–Crippen MR) is 89.5 cm³/mol. The Balaban J connectivity index is 1.93. The molecule has 1 aromatic heterocycles. The second-order valence-corrected chi connectivity index (χ2v) is 6.45. The van der Waals surface area contributed by atoms with E-state index in [2.05, 4.69) is 41.2 Å². The van der Waals surface area contributed by atoms with Gasteiger partial charge in [-0.1, -0.05) is 31.2 Å². The standard InChI is InChI=1S/C19H22N2O2/c1-5-23-18(22)16-12(2)20-17(21-13(16)3)14-6-8-15(9-7-14)19(4)10-11-19/h6-9H,5,10-11H2,1-4H3. The number of nitrogens with zero attached hydrogens (tertiary/aromatic N) is 2. The molecule has 0 aliphatic heterocycles. The highest BCUT2D eigenvalue weighted by atomic mass is 16.5. The number of carbonyl (C=O) groups is 1. The second kappa shape index (κ2) is 5.76. The first-order valence-electron chi connectivity index (χ1n) is 8.08. The summed E-state index contributed by atoms with van der Waals surface area (Å²) in [4.78, 5) is 21.0. The summed E-state index contributed by atoms with van der Waals surface area (Å²) in [6, 6.07) is 8.46. The molecule has 2 aromatic rings. The van der Waals surface area contributed by atoms with Gasteiger partial charge in [-0.25, -0.2) is 14.8 Å². The first-order chi connectivity index (χ1) is 10.9. The fourth-order valence-corrected chi connectivity index (χ4v) is 2.84. The second-order valence-electron chi connectivity index (χ2n) is 6.45. The van der Waals surface area contributed by atoms with Crippen LogP contribution in [0.4, 0.5) is 0 Å². The third kappa shape index (κ3) is 2.98. The summed E-state index contributed by atoms with van der Waals surface area (Å²) in [7, 11) is 0. The maximum Gasteiger partial charge on any atom is 0.341 e. The molecule has 4 nitrogen and oxygen atoms in total. The number of esters is 1. The molecule has 0 saturated heterocycles. The van der Waals surface area contributed by atoms with Crippen LogP contribution in [-0.2, 0) is 10.2 Å². The third-order valence-electron chi connectivity index (χ3n) is 4.59. The van der Waals surface area contributed by atoms with Crippen LogP contribution in [0.1, 0.15) is 54.0 Å². The smallest absolute Gasteiger partial charge is 0.341 e. The lowest BCUT2D eigenvalue weighted by atomic mass is 9.97. The minimum Gasteiger partial charge on any atom is -0.462 e. The van der Waals surface area contributed by atoms with Crippen LogP contribution in [0.25, 0.3) is 11.4 Å². The van der Waals surface area contributed by atoms with Gasteiger partial charge in [-0.3, -0.25) is 0 Å². The molecule has 1 aromatic carbocycles. The molecule has 0 radical (unpaired) electrons. The number of hydrogen-bond acceptors (Lipinski definition) is 4. The van der Waals surface area contributed by atoms with E-state index in [1.54, 1.807) is 6.92 Å². The van der Waals surface area contributed by atoms with Crippen molar-refractivity contribution >= 4 is 5.97 Å². The zero-order chi connectivity index (χ0) is 16.6. The minimum absolute atomic E-state index is 0.347. The Labute approximate surface area is 136 Å². The Morgan fingerprint density at radius 1 is 1.13 bits per heavy atom. The van der Waals surface area contributed by atoms with Crippen LogP contribution < -0.4 is 0 Å². The molecule has 120 valence electrons. The van der Waals surface area contributed by atoms with Crippen molar-refractivity contribution in [2.75, 3.05) is 6.61 Å². The number of ether oxygens (including phenoxy) is 1. The SMILES string of the molecule is CCOC(=O)c1c(C)nc(-c2ccc(C3(C)CC3)cc2)nc1C. The highest BCUT2D eigenvalue weighted by Gasteiger charge is 2.38. The van der Waals surface area contributed by atoms with Crippen LogP contribution >= 0.6 is 0 Å². The van der Waals surface area contributed by atoms with Crippen LogP contribution in [0.2, 0.25) is 0 Å². The van der Waals surface area contributed by atoms with E-state index in [0.717, 1.165) is 5.56 Å². The fourth-order valence-electron chi connectivity index (χ4n) is 2.84. The van der Waals surface area contributed by atoms with Gasteiger partial charge in [0.1, 0.15) is 5.56 Å². The Bertz CT molecular complexity index is 723. The molecule has 23 heavy (non-hydrogen) atoms. The molecule has 0 unspecified atom stereocenters. The largest absolute Gasteiger partial charge is 0.462 e. The van der Waals surface area contributed by atoms with Gasteiger partial charge in [-0.05, 0) is 44.6 Å². The molecule has 0 atom stereocenters. The van der Waals surface area contributed by atoms with Crippen molar-refractivity contribution in [2.45, 2.75) is 46.0 Å². The number of aryl methyl sites for hydroxylation is 2. The lowest BCUT2D eigenvalue weighted by Crippen LogP contribution is -2.12. The van der Waals surface area contributed by atoms with Crippen LogP contribution in [0.15, 0.2) is 24.3 Å². The molecule has 3 rings (SSSR count). The zero-order valence-electron chi connectivity index (χ0n) is 14.1. The first kappa shape index (κ1) is 15.7. The highest BCUT2D eigenvalue weighted by molar-refractivity contribution is 5.91. The molecule has 1 saturated carbocycles. The van der Waals surface area contributed by atoms with Gasteiger partial charge in [0.15, 0.2) is 5.82 Å². The lowest BCUT2D eigenvalue weighted by molar-refractivity contribution is 0.0523. The van der Waals surface area contributed by atoms with Gasteiger partial charge in [0.2, 0.25) is 0 Å². The normalized spacial score (nSPS) is 15.3. The van der Waals surface area contributed by atoms with E-state index in [-0.39, 0.29) is 5.97 Å². The molecule has 1 aliphatic carbocycles. The summed E-state index contributed by atoms with van der Waals surface area (Å²) in [5.74, 6) is 0.298. The van der Waals surface area contributed by atoms with Crippen LogP contribution in [0.5, 0.6) is 0 Å². The number of hydrogen-bond donors (Lipinski definition) is 0. The average molecular weight is 310 g/mol. The van der Waals surface area contributed by atoms with E-state index < -0.39 is 0 Å². The molecule has 4 heteroatoms. The third-order valence-corrected chi connectivity index (χ3v) is 4.59. The molecule has 0 amide bonds. The lowest BCUT2D eigenvalue weighted by Gasteiger charge is -2.12. The number of benzene rings is 1. The maximum absolute atomic E-state index is 12.0. The summed E-state index contributed by atoms with van der Waals surface area (Å²) < 4.78 is 5.08. The van der Waals surface area contributed by atoms with Crippen molar-refractivity contribution in [3.63, 3.8) is 0 Å². The molecule has 0 N–H and O–H groups in total. The van der Waals surface area contributed by atoms with Crippen molar-refractivity contribution in [3.05, 3.63) is 46.8 Å². The minimum atomic E-state index is -0.356. The Kier molecular flexibility index (Phi) is 3.92. The Morgan fingerprint density at radius 2 is 1.70 bits per heavy atom. The molecule has 1 heterocycles. The molecule has 1 aliphatic rings.